The van der Waals surface area contributed by atoms with E-state index in [-0.39, 0.29) is 16.9 Å². The first-order valence-electron chi connectivity index (χ1n) is 11.8. The van der Waals surface area contributed by atoms with E-state index in [0.29, 0.717) is 6.54 Å². The molecule has 1 heterocycles. The first-order chi connectivity index (χ1) is 14.6. The van der Waals surface area contributed by atoms with Crippen LogP contribution in [0.2, 0.25) is 0 Å². The van der Waals surface area contributed by atoms with E-state index in [4.69, 9.17) is 0 Å². The molecule has 1 amide bonds. The molecule has 2 unspecified atom stereocenters. The Morgan fingerprint density at radius 3 is 2.40 bits per heavy atom. The zero-order valence-corrected chi connectivity index (χ0v) is 17.8. The normalized spacial score (nSPS) is 34.5. The van der Waals surface area contributed by atoms with Gasteiger partial charge in [0.1, 0.15) is 0 Å². The fourth-order valence-electron chi connectivity index (χ4n) is 7.77. The van der Waals surface area contributed by atoms with Gasteiger partial charge in [0.15, 0.2) is 0 Å². The molecule has 4 fully saturated rings. The first-order valence-corrected chi connectivity index (χ1v) is 11.8. The van der Waals surface area contributed by atoms with E-state index < -0.39 is 0 Å². The van der Waals surface area contributed by atoms with Crippen LogP contribution in [0.15, 0.2) is 54.6 Å². The molecule has 4 bridgehead atoms. The predicted octanol–water partition coefficient (Wildman–Crippen LogP) is 4.45. The van der Waals surface area contributed by atoms with Crippen molar-refractivity contribution in [3.63, 3.8) is 0 Å². The lowest BCUT2D eigenvalue weighted by atomic mass is 9.45. The highest BCUT2D eigenvalue weighted by Crippen LogP contribution is 2.62. The van der Waals surface area contributed by atoms with Crippen LogP contribution < -0.4 is 5.32 Å². The second-order valence-corrected chi connectivity index (χ2v) is 10.7. The fraction of sp³-hybridized carbons (Fsp3) is 0.519. The predicted molar refractivity (Wildman–Crippen MR) is 119 cm³/mol. The minimum Gasteiger partial charge on any atom is -0.350 e. The van der Waals surface area contributed by atoms with Gasteiger partial charge in [-0.1, -0.05) is 54.6 Å². The van der Waals surface area contributed by atoms with Gasteiger partial charge < -0.3 is 5.32 Å². The van der Waals surface area contributed by atoms with E-state index in [0.717, 1.165) is 37.8 Å². The van der Waals surface area contributed by atoms with Crippen LogP contribution in [-0.4, -0.2) is 29.4 Å². The second kappa shape index (κ2) is 6.95. The summed E-state index contributed by atoms with van der Waals surface area (Å²) in [4.78, 5) is 15.5. The topological polar surface area (TPSA) is 32.3 Å². The minimum absolute atomic E-state index is 0.0186. The Hall–Kier alpha value is -2.13. The summed E-state index contributed by atoms with van der Waals surface area (Å²) in [6.07, 6.45) is 8.55. The van der Waals surface area contributed by atoms with Crippen LogP contribution >= 0.6 is 0 Å². The molecule has 4 aliphatic carbocycles. The van der Waals surface area contributed by atoms with Crippen LogP contribution in [0.25, 0.3) is 0 Å². The number of hydrogen-bond acceptors (Lipinski definition) is 2. The van der Waals surface area contributed by atoms with Crippen LogP contribution in [0.4, 0.5) is 0 Å². The van der Waals surface area contributed by atoms with Crippen molar-refractivity contribution in [2.24, 2.45) is 11.8 Å². The van der Waals surface area contributed by atoms with E-state index >= 15 is 0 Å². The molecule has 1 aliphatic heterocycles. The molecule has 7 rings (SSSR count). The van der Waals surface area contributed by atoms with Gasteiger partial charge in [0.2, 0.25) is 5.91 Å². The Labute approximate surface area is 179 Å². The van der Waals surface area contributed by atoms with E-state index in [9.17, 15) is 4.79 Å². The Bertz CT molecular complexity index is 938. The van der Waals surface area contributed by atoms with Crippen molar-refractivity contribution in [1.29, 1.82) is 0 Å². The number of rotatable bonds is 4. The molecule has 30 heavy (non-hydrogen) atoms. The van der Waals surface area contributed by atoms with Gasteiger partial charge in [-0.15, -0.1) is 0 Å². The molecule has 0 saturated heterocycles. The average Bonchev–Trinajstić information content (AvgIpc) is 2.73. The maximum Gasteiger partial charge on any atom is 0.234 e. The lowest BCUT2D eigenvalue weighted by molar-refractivity contribution is -0.129. The number of nitrogens with one attached hydrogen (secondary N) is 1. The molecule has 156 valence electrons. The van der Waals surface area contributed by atoms with E-state index in [1.807, 2.05) is 0 Å². The van der Waals surface area contributed by atoms with E-state index in [1.165, 1.54) is 48.8 Å². The molecular formula is C27H32N2O. The second-order valence-electron chi connectivity index (χ2n) is 10.7. The highest BCUT2D eigenvalue weighted by molar-refractivity contribution is 5.79. The molecule has 3 nitrogen and oxygen atoms in total. The Kier molecular flexibility index (Phi) is 4.31. The summed E-state index contributed by atoms with van der Waals surface area (Å²) in [6.45, 7) is 2.41. The molecule has 0 radical (unpaired) electrons. The summed E-state index contributed by atoms with van der Waals surface area (Å²) < 4.78 is 0. The van der Waals surface area contributed by atoms with Crippen LogP contribution in [0, 0.1) is 11.8 Å². The van der Waals surface area contributed by atoms with Crippen molar-refractivity contribution >= 4 is 5.91 Å². The summed E-state index contributed by atoms with van der Waals surface area (Å²) >= 11 is 0. The summed E-state index contributed by atoms with van der Waals surface area (Å²) in [6, 6.07) is 19.8. The molecular weight excluding hydrogens is 368 g/mol. The van der Waals surface area contributed by atoms with Gasteiger partial charge in [-0.2, -0.15) is 0 Å². The molecule has 2 aromatic carbocycles. The Morgan fingerprint density at radius 2 is 1.63 bits per heavy atom. The maximum atomic E-state index is 13.2. The van der Waals surface area contributed by atoms with Crippen LogP contribution in [0.1, 0.15) is 55.2 Å². The lowest BCUT2D eigenvalue weighted by Crippen LogP contribution is -2.65. The van der Waals surface area contributed by atoms with Crippen molar-refractivity contribution in [1.82, 2.24) is 10.2 Å². The number of benzene rings is 2. The Morgan fingerprint density at radius 1 is 0.933 bits per heavy atom. The third-order valence-corrected chi connectivity index (χ3v) is 8.43. The van der Waals surface area contributed by atoms with Crippen LogP contribution in [0.3, 0.4) is 0 Å². The smallest absolute Gasteiger partial charge is 0.234 e. The monoisotopic (exact) mass is 400 g/mol. The van der Waals surface area contributed by atoms with E-state index in [1.54, 1.807) is 0 Å². The minimum atomic E-state index is 0.0186. The SMILES string of the molecule is O=C(CN1CCc2ccccc2C1)NC12C[C@H]3C[C@@H](C1)CC(c1ccccc1)(C3)C2. The summed E-state index contributed by atoms with van der Waals surface area (Å²) in [7, 11) is 0. The molecule has 1 N–H and O–H groups in total. The summed E-state index contributed by atoms with van der Waals surface area (Å²) in [5, 5.41) is 3.61. The molecule has 0 spiro atoms. The zero-order valence-electron chi connectivity index (χ0n) is 17.8. The van der Waals surface area contributed by atoms with Gasteiger partial charge in [0.25, 0.3) is 0 Å². The molecule has 5 aliphatic rings. The molecule has 3 heteroatoms. The van der Waals surface area contributed by atoms with Crippen LogP contribution in [0.5, 0.6) is 0 Å². The van der Waals surface area contributed by atoms with Crippen molar-refractivity contribution in [3.8, 4) is 0 Å². The highest BCUT2D eigenvalue weighted by Gasteiger charge is 2.58. The number of nitrogens with zero attached hydrogens (tertiary/aromatic N) is 1. The first kappa shape index (κ1) is 18.6. The number of carbonyl (C=O) groups excluding carboxylic acids is 1. The third kappa shape index (κ3) is 3.19. The number of amides is 1. The third-order valence-electron chi connectivity index (χ3n) is 8.43. The molecule has 4 atom stereocenters. The largest absolute Gasteiger partial charge is 0.350 e. The summed E-state index contributed by atoms with van der Waals surface area (Å²) in [5.41, 5.74) is 4.63. The van der Waals surface area contributed by atoms with Crippen molar-refractivity contribution in [3.05, 3.63) is 71.3 Å². The lowest BCUT2D eigenvalue weighted by Gasteiger charge is -2.62. The zero-order chi connectivity index (χ0) is 20.2. The Balaban J connectivity index is 1.18. The van der Waals surface area contributed by atoms with Crippen LogP contribution in [-0.2, 0) is 23.2 Å². The summed E-state index contributed by atoms with van der Waals surface area (Å²) in [5.74, 6) is 1.78. The maximum absolute atomic E-state index is 13.2. The highest BCUT2D eigenvalue weighted by atomic mass is 16.2. The fourth-order valence-corrected chi connectivity index (χ4v) is 7.77. The van der Waals surface area contributed by atoms with Crippen molar-refractivity contribution in [2.75, 3.05) is 13.1 Å². The van der Waals surface area contributed by atoms with Gasteiger partial charge >= 0.3 is 0 Å². The van der Waals surface area contributed by atoms with Gasteiger partial charge in [-0.3, -0.25) is 9.69 Å². The van der Waals surface area contributed by atoms with Crippen molar-refractivity contribution in [2.45, 2.75) is 62.4 Å². The standard InChI is InChI=1S/C27H32N2O/c30-25(18-29-11-10-22-6-4-5-7-23(22)17-29)28-27-15-20-12-21(16-27)14-26(13-20,19-27)24-8-2-1-3-9-24/h1-9,20-21H,10-19H2,(H,28,30)/t20-,21+,26?,27?. The quantitative estimate of drug-likeness (QED) is 0.822. The molecule has 2 aromatic rings. The van der Waals surface area contributed by atoms with Crippen molar-refractivity contribution < 1.29 is 4.79 Å². The number of carbonyl (C=O) groups is 1. The average molecular weight is 401 g/mol. The number of fused-ring (bicyclic) bond motifs is 1. The number of hydrogen-bond donors (Lipinski definition) is 1. The van der Waals surface area contributed by atoms with Gasteiger partial charge in [-0.25, -0.2) is 0 Å². The van der Waals surface area contributed by atoms with Gasteiger partial charge in [0, 0.05) is 18.6 Å². The van der Waals surface area contributed by atoms with Gasteiger partial charge in [0.05, 0.1) is 6.54 Å². The molecule has 4 saturated carbocycles. The van der Waals surface area contributed by atoms with Gasteiger partial charge in [-0.05, 0) is 78.9 Å². The molecule has 0 aromatic heterocycles. The van der Waals surface area contributed by atoms with E-state index in [2.05, 4.69) is 64.8 Å².